The van der Waals surface area contributed by atoms with Gasteiger partial charge >= 0.3 is 0 Å². The second-order valence-corrected chi connectivity index (χ2v) is 7.07. The van der Waals surface area contributed by atoms with Crippen molar-refractivity contribution in [3.8, 4) is 0 Å². The number of amides is 2. The Kier molecular flexibility index (Phi) is 4.42. The second kappa shape index (κ2) is 6.32. The molecule has 22 heavy (non-hydrogen) atoms. The molecule has 2 amide bonds. The predicted molar refractivity (Wildman–Crippen MR) is 85.3 cm³/mol. The lowest BCUT2D eigenvalue weighted by atomic mass is 10.2. The maximum absolute atomic E-state index is 12.9. The van der Waals surface area contributed by atoms with Crippen molar-refractivity contribution in [1.29, 1.82) is 0 Å². The number of carbonyl (C=O) groups excluding carboxylic acids is 2. The van der Waals surface area contributed by atoms with Gasteiger partial charge in [0.2, 0.25) is 11.8 Å². The predicted octanol–water partition coefficient (Wildman–Crippen LogP) is 1.10. The fourth-order valence-electron chi connectivity index (χ4n) is 3.25. The van der Waals surface area contributed by atoms with E-state index in [9.17, 15) is 9.59 Å². The van der Waals surface area contributed by atoms with Crippen LogP contribution in [0.2, 0.25) is 0 Å². The van der Waals surface area contributed by atoms with Crippen LogP contribution in [-0.4, -0.2) is 61.7 Å². The third-order valence-corrected chi connectivity index (χ3v) is 5.40. The molecule has 3 rings (SSSR count). The second-order valence-electron chi connectivity index (χ2n) is 6.07. The van der Waals surface area contributed by atoms with Crippen molar-refractivity contribution < 1.29 is 9.59 Å². The van der Waals surface area contributed by atoms with E-state index in [1.54, 1.807) is 23.6 Å². The minimum atomic E-state index is -0.289. The third kappa shape index (κ3) is 2.99. The molecule has 0 unspecified atom stereocenters. The molecule has 2 fully saturated rings. The van der Waals surface area contributed by atoms with Gasteiger partial charge in [-0.25, -0.2) is 0 Å². The van der Waals surface area contributed by atoms with Crippen LogP contribution in [0.4, 0.5) is 0 Å². The average Bonchev–Trinajstić information content (AvgIpc) is 3.19. The Balaban J connectivity index is 1.69. The molecule has 2 saturated heterocycles. The summed E-state index contributed by atoms with van der Waals surface area (Å²) in [5.74, 6) is 1.43. The van der Waals surface area contributed by atoms with Crippen LogP contribution in [0.1, 0.15) is 25.3 Å². The quantitative estimate of drug-likeness (QED) is 0.836. The molecular formula is C15H22N4O2S. The molecule has 3 heterocycles. The molecule has 0 bridgehead atoms. The summed E-state index contributed by atoms with van der Waals surface area (Å²) in [5.41, 5.74) is 1.13. The first kappa shape index (κ1) is 15.4. The van der Waals surface area contributed by atoms with Gasteiger partial charge in [-0.05, 0) is 25.3 Å². The molecule has 2 aliphatic heterocycles. The van der Waals surface area contributed by atoms with Gasteiger partial charge in [-0.2, -0.15) is 5.10 Å². The van der Waals surface area contributed by atoms with Crippen LogP contribution in [0.3, 0.4) is 0 Å². The van der Waals surface area contributed by atoms with E-state index in [1.807, 2.05) is 28.9 Å². The minimum absolute atomic E-state index is 0.0122. The Hall–Kier alpha value is -1.50. The van der Waals surface area contributed by atoms with Crippen LogP contribution in [0.5, 0.6) is 0 Å². The highest BCUT2D eigenvalue weighted by Gasteiger charge is 2.39. The van der Waals surface area contributed by atoms with Gasteiger partial charge < -0.3 is 9.80 Å². The number of carbonyl (C=O) groups is 2. The number of hydrogen-bond donors (Lipinski definition) is 0. The summed E-state index contributed by atoms with van der Waals surface area (Å²) in [6, 6.07) is -0.103. The Morgan fingerprint density at radius 3 is 2.91 bits per heavy atom. The summed E-state index contributed by atoms with van der Waals surface area (Å²) < 4.78 is 1.91. The van der Waals surface area contributed by atoms with Crippen molar-refractivity contribution >= 4 is 23.6 Å². The lowest BCUT2D eigenvalue weighted by molar-refractivity contribution is -0.143. The monoisotopic (exact) mass is 322 g/mol. The Morgan fingerprint density at radius 2 is 2.23 bits per heavy atom. The van der Waals surface area contributed by atoms with E-state index in [0.29, 0.717) is 11.6 Å². The molecule has 0 saturated carbocycles. The van der Waals surface area contributed by atoms with Crippen LogP contribution >= 0.6 is 11.8 Å². The van der Waals surface area contributed by atoms with E-state index in [2.05, 4.69) is 5.10 Å². The van der Waals surface area contributed by atoms with Crippen molar-refractivity contribution in [2.24, 2.45) is 0 Å². The molecule has 7 heteroatoms. The first-order chi connectivity index (χ1) is 10.6. The molecule has 120 valence electrons. The fourth-order valence-corrected chi connectivity index (χ4v) is 4.46. The van der Waals surface area contributed by atoms with Crippen molar-refractivity contribution in [1.82, 2.24) is 19.6 Å². The SMILES string of the molecule is CC(=O)N1CSC[C@H]1C(=O)N1CCC[C@@H]1Cn1cc(C)cn1. The zero-order valence-corrected chi connectivity index (χ0v) is 13.9. The maximum Gasteiger partial charge on any atom is 0.246 e. The van der Waals surface area contributed by atoms with Crippen LogP contribution in [0.15, 0.2) is 12.4 Å². The third-order valence-electron chi connectivity index (χ3n) is 4.39. The van der Waals surface area contributed by atoms with Gasteiger partial charge in [-0.15, -0.1) is 11.8 Å². The number of aryl methyl sites for hydroxylation is 1. The van der Waals surface area contributed by atoms with Crippen molar-refractivity contribution in [2.45, 2.75) is 45.3 Å². The topological polar surface area (TPSA) is 58.4 Å². The smallest absolute Gasteiger partial charge is 0.246 e. The molecule has 6 nitrogen and oxygen atoms in total. The summed E-state index contributed by atoms with van der Waals surface area (Å²) in [5, 5.41) is 4.32. The molecule has 0 N–H and O–H groups in total. The summed E-state index contributed by atoms with van der Waals surface area (Å²) in [6.45, 7) is 5.08. The number of thioether (sulfide) groups is 1. The largest absolute Gasteiger partial charge is 0.336 e. The molecule has 2 atom stereocenters. The van der Waals surface area contributed by atoms with E-state index in [-0.39, 0.29) is 23.9 Å². The lowest BCUT2D eigenvalue weighted by Crippen LogP contribution is -2.50. The number of nitrogens with zero attached hydrogens (tertiary/aromatic N) is 4. The average molecular weight is 322 g/mol. The van der Waals surface area contributed by atoms with Gasteiger partial charge in [0, 0.05) is 25.4 Å². The van der Waals surface area contributed by atoms with E-state index >= 15 is 0 Å². The van der Waals surface area contributed by atoms with Gasteiger partial charge in [0.25, 0.3) is 0 Å². The molecule has 1 aromatic heterocycles. The number of likely N-dealkylation sites (tertiary alicyclic amines) is 1. The fraction of sp³-hybridized carbons (Fsp3) is 0.667. The Labute approximate surface area is 134 Å². The molecule has 0 spiro atoms. The Bertz CT molecular complexity index is 574. The molecule has 1 aromatic rings. The van der Waals surface area contributed by atoms with Crippen LogP contribution in [0, 0.1) is 6.92 Å². The number of hydrogen-bond acceptors (Lipinski definition) is 4. The van der Waals surface area contributed by atoms with E-state index in [4.69, 9.17) is 0 Å². The van der Waals surface area contributed by atoms with Gasteiger partial charge in [-0.3, -0.25) is 14.3 Å². The standard InChI is InChI=1S/C15H22N4O2S/c1-11-6-16-17(7-11)8-13-4-3-5-18(13)15(21)14-9-22-10-19(14)12(2)20/h6-7,13-14H,3-5,8-10H2,1-2H3/t13-,14+/m1/s1. The van der Waals surface area contributed by atoms with Gasteiger partial charge in [0.15, 0.2) is 0 Å². The van der Waals surface area contributed by atoms with Crippen molar-refractivity contribution in [3.05, 3.63) is 18.0 Å². The molecule has 2 aliphatic rings. The highest BCUT2D eigenvalue weighted by Crippen LogP contribution is 2.26. The van der Waals surface area contributed by atoms with Crippen molar-refractivity contribution in [2.75, 3.05) is 18.2 Å². The molecule has 0 radical (unpaired) electrons. The number of aromatic nitrogens is 2. The molecule has 0 aromatic carbocycles. The normalized spacial score (nSPS) is 25.0. The van der Waals surface area contributed by atoms with Crippen LogP contribution in [0.25, 0.3) is 0 Å². The van der Waals surface area contributed by atoms with Crippen LogP contribution in [-0.2, 0) is 16.1 Å². The maximum atomic E-state index is 12.9. The highest BCUT2D eigenvalue weighted by atomic mass is 32.2. The van der Waals surface area contributed by atoms with E-state index < -0.39 is 0 Å². The first-order valence-electron chi connectivity index (χ1n) is 7.71. The number of rotatable bonds is 3. The summed E-state index contributed by atoms with van der Waals surface area (Å²) in [4.78, 5) is 28.2. The summed E-state index contributed by atoms with van der Waals surface area (Å²) in [7, 11) is 0. The lowest BCUT2D eigenvalue weighted by Gasteiger charge is -2.30. The first-order valence-corrected chi connectivity index (χ1v) is 8.86. The summed E-state index contributed by atoms with van der Waals surface area (Å²) in [6.07, 6.45) is 5.88. The van der Waals surface area contributed by atoms with Gasteiger partial charge in [0.05, 0.1) is 24.7 Å². The zero-order chi connectivity index (χ0) is 15.7. The van der Waals surface area contributed by atoms with E-state index in [0.717, 1.165) is 31.5 Å². The Morgan fingerprint density at radius 1 is 1.41 bits per heavy atom. The van der Waals surface area contributed by atoms with E-state index in [1.165, 1.54) is 0 Å². The summed E-state index contributed by atoms with van der Waals surface area (Å²) >= 11 is 1.65. The molecule has 0 aliphatic carbocycles. The van der Waals surface area contributed by atoms with Crippen molar-refractivity contribution in [3.63, 3.8) is 0 Å². The van der Waals surface area contributed by atoms with Gasteiger partial charge in [-0.1, -0.05) is 0 Å². The zero-order valence-electron chi connectivity index (χ0n) is 13.1. The minimum Gasteiger partial charge on any atom is -0.336 e. The van der Waals surface area contributed by atoms with Gasteiger partial charge in [0.1, 0.15) is 6.04 Å². The highest BCUT2D eigenvalue weighted by molar-refractivity contribution is 7.99. The van der Waals surface area contributed by atoms with Crippen LogP contribution < -0.4 is 0 Å². The molecular weight excluding hydrogens is 300 g/mol.